The van der Waals surface area contributed by atoms with Crippen LogP contribution in [0.1, 0.15) is 50.2 Å². The Morgan fingerprint density at radius 3 is 2.35 bits per heavy atom. The van der Waals surface area contributed by atoms with Crippen molar-refractivity contribution >= 4 is 23.5 Å². The number of hydrogen-bond donors (Lipinski definition) is 1. The number of esters is 1. The summed E-state index contributed by atoms with van der Waals surface area (Å²) in [5, 5.41) is 0.587. The van der Waals surface area contributed by atoms with Gasteiger partial charge in [0, 0.05) is 29.4 Å². The highest BCUT2D eigenvalue weighted by atomic mass is 35.5. The quantitative estimate of drug-likeness (QED) is 0.482. The molecule has 0 spiro atoms. The molecule has 0 radical (unpaired) electrons. The number of aromatic amines is 1. The average molecular weight is 439 g/mol. The molecule has 6 heteroatoms. The lowest BCUT2D eigenvalue weighted by Crippen LogP contribution is -2.33. The van der Waals surface area contributed by atoms with Crippen molar-refractivity contribution in [1.82, 2.24) is 9.88 Å². The van der Waals surface area contributed by atoms with Crippen LogP contribution in [0, 0.1) is 13.8 Å². The van der Waals surface area contributed by atoms with Crippen molar-refractivity contribution < 1.29 is 14.3 Å². The van der Waals surface area contributed by atoms with E-state index >= 15 is 0 Å². The van der Waals surface area contributed by atoms with Crippen molar-refractivity contribution in [3.05, 3.63) is 93.3 Å². The normalized spacial score (nSPS) is 10.7. The Morgan fingerprint density at radius 1 is 1.03 bits per heavy atom. The van der Waals surface area contributed by atoms with E-state index in [9.17, 15) is 9.59 Å². The third-order valence-electron chi connectivity index (χ3n) is 5.31. The van der Waals surface area contributed by atoms with Gasteiger partial charge >= 0.3 is 5.97 Å². The molecule has 2 aromatic carbocycles. The maximum absolute atomic E-state index is 13.3. The predicted molar refractivity (Wildman–Crippen MR) is 123 cm³/mol. The second-order valence-corrected chi connectivity index (χ2v) is 7.85. The number of carbonyl (C=O) groups excluding carboxylic acids is 2. The van der Waals surface area contributed by atoms with Crippen molar-refractivity contribution in [3.8, 4) is 0 Å². The van der Waals surface area contributed by atoms with E-state index in [0.29, 0.717) is 36.0 Å². The van der Waals surface area contributed by atoms with Crippen LogP contribution in [0.2, 0.25) is 5.02 Å². The van der Waals surface area contributed by atoms with Gasteiger partial charge in [0.25, 0.3) is 5.91 Å². The van der Waals surface area contributed by atoms with Gasteiger partial charge in [-0.1, -0.05) is 41.9 Å². The summed E-state index contributed by atoms with van der Waals surface area (Å²) in [5.41, 5.74) is 4.77. The molecule has 0 saturated carbocycles. The highest BCUT2D eigenvalue weighted by Crippen LogP contribution is 2.22. The number of nitrogens with one attached hydrogen (secondary N) is 1. The van der Waals surface area contributed by atoms with Gasteiger partial charge in [0.15, 0.2) is 0 Å². The van der Waals surface area contributed by atoms with Crippen LogP contribution in [-0.4, -0.2) is 34.9 Å². The van der Waals surface area contributed by atoms with Crippen LogP contribution in [0.3, 0.4) is 0 Å². The second kappa shape index (κ2) is 10.3. The van der Waals surface area contributed by atoms with Crippen molar-refractivity contribution in [2.45, 2.75) is 33.7 Å². The van der Waals surface area contributed by atoms with Gasteiger partial charge in [-0.3, -0.25) is 4.79 Å². The van der Waals surface area contributed by atoms with E-state index in [2.05, 4.69) is 17.1 Å². The Morgan fingerprint density at radius 2 is 1.71 bits per heavy atom. The summed E-state index contributed by atoms with van der Waals surface area (Å²) in [6, 6.07) is 17.0. The highest BCUT2D eigenvalue weighted by molar-refractivity contribution is 6.30. The Kier molecular flexibility index (Phi) is 7.53. The number of rotatable bonds is 8. The van der Waals surface area contributed by atoms with Crippen LogP contribution in [0.5, 0.6) is 0 Å². The number of aryl methyl sites for hydroxylation is 1. The van der Waals surface area contributed by atoms with Crippen molar-refractivity contribution in [1.29, 1.82) is 0 Å². The molecule has 31 heavy (non-hydrogen) atoms. The summed E-state index contributed by atoms with van der Waals surface area (Å²) in [7, 11) is 0. The molecule has 0 saturated heterocycles. The number of benzene rings is 2. The standard InChI is InChI=1S/C25H27ClN2O3/c1-4-31-25(30)23-17(2)22(18(3)27-23)16-28(15-14-19-8-6-5-7-9-19)24(29)20-10-12-21(26)13-11-20/h5-13,27H,4,14-16H2,1-3H3. The van der Waals surface area contributed by atoms with Gasteiger partial charge in [0.2, 0.25) is 0 Å². The molecule has 0 fully saturated rings. The zero-order valence-electron chi connectivity index (χ0n) is 18.1. The molecular formula is C25H27ClN2O3. The summed E-state index contributed by atoms with van der Waals surface area (Å²) >= 11 is 5.99. The van der Waals surface area contributed by atoms with Gasteiger partial charge in [-0.15, -0.1) is 0 Å². The van der Waals surface area contributed by atoms with E-state index in [1.54, 1.807) is 31.2 Å². The zero-order valence-corrected chi connectivity index (χ0v) is 18.8. The lowest BCUT2D eigenvalue weighted by Gasteiger charge is -2.24. The molecule has 0 aliphatic carbocycles. The molecule has 0 bridgehead atoms. The lowest BCUT2D eigenvalue weighted by molar-refractivity contribution is 0.0519. The van der Waals surface area contributed by atoms with E-state index in [0.717, 1.165) is 28.8 Å². The Labute approximate surface area is 188 Å². The fourth-order valence-corrected chi connectivity index (χ4v) is 3.69. The van der Waals surface area contributed by atoms with Crippen LogP contribution in [-0.2, 0) is 17.7 Å². The SMILES string of the molecule is CCOC(=O)c1[nH]c(C)c(CN(CCc2ccccc2)C(=O)c2ccc(Cl)cc2)c1C. The van der Waals surface area contributed by atoms with Crippen molar-refractivity contribution in [2.75, 3.05) is 13.2 Å². The lowest BCUT2D eigenvalue weighted by atomic mass is 10.1. The number of carbonyl (C=O) groups is 2. The molecule has 162 valence electrons. The fraction of sp³-hybridized carbons (Fsp3) is 0.280. The molecule has 3 aromatic rings. The molecule has 1 amide bonds. The number of H-pyrrole nitrogens is 1. The first-order chi connectivity index (χ1) is 14.9. The first-order valence-electron chi connectivity index (χ1n) is 10.3. The average Bonchev–Trinajstić information content (AvgIpc) is 3.05. The molecule has 1 heterocycles. The van der Waals surface area contributed by atoms with Gasteiger partial charge in [-0.2, -0.15) is 0 Å². The van der Waals surface area contributed by atoms with Gasteiger partial charge in [-0.05, 0) is 68.1 Å². The largest absolute Gasteiger partial charge is 0.461 e. The second-order valence-electron chi connectivity index (χ2n) is 7.42. The minimum atomic E-state index is -0.380. The van der Waals surface area contributed by atoms with E-state index in [1.807, 2.05) is 36.9 Å². The number of ether oxygens (including phenoxy) is 1. The molecule has 1 aromatic heterocycles. The van der Waals surface area contributed by atoms with E-state index in [1.165, 1.54) is 0 Å². The van der Waals surface area contributed by atoms with E-state index < -0.39 is 0 Å². The first kappa shape index (κ1) is 22.6. The molecule has 5 nitrogen and oxygen atoms in total. The maximum atomic E-state index is 13.3. The van der Waals surface area contributed by atoms with Crippen LogP contribution < -0.4 is 0 Å². The number of amides is 1. The van der Waals surface area contributed by atoms with Crippen molar-refractivity contribution in [2.24, 2.45) is 0 Å². The van der Waals surface area contributed by atoms with Crippen LogP contribution in [0.15, 0.2) is 54.6 Å². The monoisotopic (exact) mass is 438 g/mol. The Hall–Kier alpha value is -3.05. The predicted octanol–water partition coefficient (Wildman–Crippen LogP) is 5.35. The third kappa shape index (κ3) is 5.56. The smallest absolute Gasteiger partial charge is 0.355 e. The molecular weight excluding hydrogens is 412 g/mol. The van der Waals surface area contributed by atoms with E-state index in [-0.39, 0.29) is 11.9 Å². The van der Waals surface area contributed by atoms with Crippen LogP contribution >= 0.6 is 11.6 Å². The number of aromatic nitrogens is 1. The third-order valence-corrected chi connectivity index (χ3v) is 5.56. The summed E-state index contributed by atoms with van der Waals surface area (Å²) in [5.74, 6) is -0.459. The van der Waals surface area contributed by atoms with Gasteiger partial charge < -0.3 is 14.6 Å². The Balaban J connectivity index is 1.88. The number of hydrogen-bond acceptors (Lipinski definition) is 3. The summed E-state index contributed by atoms with van der Waals surface area (Å²) in [6.07, 6.45) is 0.730. The topological polar surface area (TPSA) is 62.4 Å². The maximum Gasteiger partial charge on any atom is 0.355 e. The number of nitrogens with zero attached hydrogens (tertiary/aromatic N) is 1. The van der Waals surface area contributed by atoms with Gasteiger partial charge in [0.05, 0.1) is 6.61 Å². The van der Waals surface area contributed by atoms with Crippen LogP contribution in [0.25, 0.3) is 0 Å². The molecule has 0 unspecified atom stereocenters. The Bertz CT molecular complexity index is 1040. The number of halogens is 1. The summed E-state index contributed by atoms with van der Waals surface area (Å²) < 4.78 is 5.15. The van der Waals surface area contributed by atoms with Crippen molar-refractivity contribution in [3.63, 3.8) is 0 Å². The molecule has 1 N–H and O–H groups in total. The van der Waals surface area contributed by atoms with Gasteiger partial charge in [-0.25, -0.2) is 4.79 Å². The highest BCUT2D eigenvalue weighted by Gasteiger charge is 2.23. The minimum absolute atomic E-state index is 0.0784. The molecule has 3 rings (SSSR count). The summed E-state index contributed by atoms with van der Waals surface area (Å²) in [6.45, 7) is 6.82. The minimum Gasteiger partial charge on any atom is -0.461 e. The van der Waals surface area contributed by atoms with E-state index in [4.69, 9.17) is 16.3 Å². The zero-order chi connectivity index (χ0) is 22.4. The first-order valence-corrected chi connectivity index (χ1v) is 10.7. The van der Waals surface area contributed by atoms with Crippen LogP contribution in [0.4, 0.5) is 0 Å². The molecule has 0 aliphatic rings. The molecule has 0 aliphatic heterocycles. The molecule has 0 atom stereocenters. The summed E-state index contributed by atoms with van der Waals surface area (Å²) in [4.78, 5) is 30.5. The fourth-order valence-electron chi connectivity index (χ4n) is 3.56. The van der Waals surface area contributed by atoms with Gasteiger partial charge in [0.1, 0.15) is 5.69 Å².